The summed E-state index contributed by atoms with van der Waals surface area (Å²) in [5.41, 5.74) is 6.77. The second-order valence-corrected chi connectivity index (χ2v) is 9.03. The molecule has 2 aliphatic rings. The normalized spacial score (nSPS) is 30.2. The number of ether oxygens (including phenoxy) is 1. The fourth-order valence-corrected chi connectivity index (χ4v) is 4.53. The summed E-state index contributed by atoms with van der Waals surface area (Å²) in [7, 11) is 0. The number of Topliss-reactive ketones (excluding diaryl/α,β-unsaturated/α-hetero) is 1. The summed E-state index contributed by atoms with van der Waals surface area (Å²) in [6.07, 6.45) is 3.26. The number of nitrogens with zero attached hydrogens (tertiary/aromatic N) is 4. The van der Waals surface area contributed by atoms with Gasteiger partial charge in [0.05, 0.1) is 6.33 Å². The third kappa shape index (κ3) is 4.49. The first-order valence-electron chi connectivity index (χ1n) is 11.4. The molecule has 4 N–H and O–H groups in total. The number of anilines is 1. The maximum atomic E-state index is 12.3. The second kappa shape index (κ2) is 9.53. The van der Waals surface area contributed by atoms with Gasteiger partial charge in [-0.2, -0.15) is 0 Å². The van der Waals surface area contributed by atoms with Crippen molar-refractivity contribution in [3.05, 3.63) is 12.2 Å². The second-order valence-electron chi connectivity index (χ2n) is 9.03. The molecule has 1 saturated carbocycles. The molecular weight excluding hydrogens is 410 g/mol. The van der Waals surface area contributed by atoms with Crippen molar-refractivity contribution in [3.63, 3.8) is 0 Å². The molecule has 2 fully saturated rings. The van der Waals surface area contributed by atoms with E-state index in [4.69, 9.17) is 10.5 Å². The Kier molecular flexibility index (Phi) is 6.74. The molecule has 3 heterocycles. The topological polar surface area (TPSA) is 136 Å². The SMILES string of the molecule is CCCC(=O)[C@H]1O[C@@H](n2cnc3c(N)nc(C#CCC4CCC(C)CC4)nc32)[C@@H](O)C1O. The Hall–Kier alpha value is -2.54. The van der Waals surface area contributed by atoms with Gasteiger partial charge in [0, 0.05) is 12.8 Å². The number of rotatable bonds is 5. The molecule has 4 rings (SSSR count). The molecule has 32 heavy (non-hydrogen) atoms. The lowest BCUT2D eigenvalue weighted by molar-refractivity contribution is -0.135. The summed E-state index contributed by atoms with van der Waals surface area (Å²) in [5, 5.41) is 20.9. The van der Waals surface area contributed by atoms with Crippen LogP contribution in [0.4, 0.5) is 5.82 Å². The predicted octanol–water partition coefficient (Wildman–Crippen LogP) is 1.96. The first kappa shape index (κ1) is 22.6. The number of carbonyl (C=O) groups is 1. The Balaban J connectivity index is 1.56. The Morgan fingerprint density at radius 2 is 2.00 bits per heavy atom. The average molecular weight is 442 g/mol. The van der Waals surface area contributed by atoms with Gasteiger partial charge in [-0.05, 0) is 37.0 Å². The van der Waals surface area contributed by atoms with Crippen LogP contribution in [0.3, 0.4) is 0 Å². The number of carbonyl (C=O) groups excluding carboxylic acids is 1. The van der Waals surface area contributed by atoms with Gasteiger partial charge >= 0.3 is 0 Å². The zero-order valence-corrected chi connectivity index (χ0v) is 18.6. The molecule has 0 bridgehead atoms. The molecule has 0 radical (unpaired) electrons. The van der Waals surface area contributed by atoms with Gasteiger partial charge in [0.25, 0.3) is 0 Å². The molecule has 9 heteroatoms. The standard InChI is InChI=1S/C23H31N5O4/c1-3-5-15(29)20-18(30)19(31)23(32-20)28-12-25-17-21(24)26-16(27-22(17)28)7-4-6-14-10-8-13(2)9-11-14/h12-14,18-20,23,30-31H,3,5-6,8-11H2,1-2H3,(H2,24,26,27)/t13?,14?,18?,19-,20+,23+/m0/s1. The van der Waals surface area contributed by atoms with Crippen LogP contribution in [-0.2, 0) is 9.53 Å². The number of aliphatic hydroxyl groups is 2. The van der Waals surface area contributed by atoms with Gasteiger partial charge in [-0.25, -0.2) is 15.0 Å². The van der Waals surface area contributed by atoms with Crippen LogP contribution in [0.5, 0.6) is 0 Å². The fraction of sp³-hybridized carbons (Fsp3) is 0.652. The highest BCUT2D eigenvalue weighted by Gasteiger charge is 2.47. The number of imidazole rings is 1. The van der Waals surface area contributed by atoms with Crippen LogP contribution < -0.4 is 5.73 Å². The highest BCUT2D eigenvalue weighted by atomic mass is 16.6. The van der Waals surface area contributed by atoms with Gasteiger partial charge in [-0.1, -0.05) is 32.6 Å². The Labute approximate surface area is 187 Å². The first-order chi connectivity index (χ1) is 15.4. The van der Waals surface area contributed by atoms with Gasteiger partial charge < -0.3 is 20.7 Å². The Morgan fingerprint density at radius 1 is 1.25 bits per heavy atom. The van der Waals surface area contributed by atoms with E-state index in [2.05, 4.69) is 33.7 Å². The van der Waals surface area contributed by atoms with E-state index < -0.39 is 24.5 Å². The summed E-state index contributed by atoms with van der Waals surface area (Å²) >= 11 is 0. The minimum absolute atomic E-state index is 0.177. The average Bonchev–Trinajstić information content (AvgIpc) is 3.31. The van der Waals surface area contributed by atoms with Gasteiger partial charge in [-0.15, -0.1) is 0 Å². The van der Waals surface area contributed by atoms with E-state index in [0.29, 0.717) is 23.5 Å². The molecule has 172 valence electrons. The minimum atomic E-state index is -1.33. The molecular formula is C23H31N5O4. The summed E-state index contributed by atoms with van der Waals surface area (Å²) < 4.78 is 7.22. The van der Waals surface area contributed by atoms with Crippen LogP contribution in [0.25, 0.3) is 11.2 Å². The summed E-state index contributed by atoms with van der Waals surface area (Å²) in [5.74, 6) is 7.80. The van der Waals surface area contributed by atoms with Gasteiger partial charge in [-0.3, -0.25) is 9.36 Å². The number of hydrogen-bond donors (Lipinski definition) is 3. The number of nitrogen functional groups attached to an aromatic ring is 1. The Bertz CT molecular complexity index is 1030. The smallest absolute Gasteiger partial charge is 0.208 e. The van der Waals surface area contributed by atoms with Crippen molar-refractivity contribution in [2.24, 2.45) is 11.8 Å². The molecule has 2 aromatic rings. The number of nitrogens with two attached hydrogens (primary N) is 1. The zero-order chi connectivity index (χ0) is 22.8. The quantitative estimate of drug-likeness (QED) is 0.599. The minimum Gasteiger partial charge on any atom is -0.387 e. The van der Waals surface area contributed by atoms with E-state index in [9.17, 15) is 15.0 Å². The van der Waals surface area contributed by atoms with Crippen molar-refractivity contribution in [2.75, 3.05) is 5.73 Å². The van der Waals surface area contributed by atoms with Gasteiger partial charge in [0.1, 0.15) is 23.8 Å². The third-order valence-electron chi connectivity index (χ3n) is 6.50. The highest BCUT2D eigenvalue weighted by Crippen LogP contribution is 2.33. The van der Waals surface area contributed by atoms with Crippen molar-refractivity contribution in [3.8, 4) is 11.8 Å². The molecule has 1 unspecified atom stereocenters. The summed E-state index contributed by atoms with van der Waals surface area (Å²) in [4.78, 5) is 25.2. The van der Waals surface area contributed by atoms with Crippen LogP contribution >= 0.6 is 0 Å². The van der Waals surface area contributed by atoms with Crippen LogP contribution in [-0.4, -0.2) is 53.8 Å². The number of ketones is 1. The molecule has 1 aliphatic heterocycles. The largest absolute Gasteiger partial charge is 0.387 e. The zero-order valence-electron chi connectivity index (χ0n) is 18.6. The Morgan fingerprint density at radius 3 is 2.72 bits per heavy atom. The van der Waals surface area contributed by atoms with Gasteiger partial charge in [0.2, 0.25) is 5.82 Å². The number of aromatic nitrogens is 4. The van der Waals surface area contributed by atoms with E-state index in [1.54, 1.807) is 0 Å². The van der Waals surface area contributed by atoms with Crippen molar-refractivity contribution in [1.82, 2.24) is 19.5 Å². The van der Waals surface area contributed by atoms with E-state index in [1.165, 1.54) is 36.6 Å². The molecule has 1 aliphatic carbocycles. The van der Waals surface area contributed by atoms with Crippen molar-refractivity contribution in [1.29, 1.82) is 0 Å². The van der Waals surface area contributed by atoms with Crippen LogP contribution in [0.2, 0.25) is 0 Å². The highest BCUT2D eigenvalue weighted by molar-refractivity contribution is 5.84. The van der Waals surface area contributed by atoms with Crippen LogP contribution in [0, 0.1) is 23.7 Å². The lowest BCUT2D eigenvalue weighted by Gasteiger charge is -2.24. The molecule has 0 aromatic carbocycles. The lowest BCUT2D eigenvalue weighted by atomic mass is 9.81. The van der Waals surface area contributed by atoms with Crippen molar-refractivity contribution in [2.45, 2.75) is 83.3 Å². The monoisotopic (exact) mass is 441 g/mol. The van der Waals surface area contributed by atoms with Gasteiger partial charge in [0.15, 0.2) is 23.5 Å². The molecule has 0 spiro atoms. The lowest BCUT2D eigenvalue weighted by Crippen LogP contribution is -2.35. The third-order valence-corrected chi connectivity index (χ3v) is 6.50. The van der Waals surface area contributed by atoms with E-state index in [0.717, 1.165) is 12.3 Å². The number of fused-ring (bicyclic) bond motifs is 1. The van der Waals surface area contributed by atoms with Crippen molar-refractivity contribution < 1.29 is 19.7 Å². The van der Waals surface area contributed by atoms with Crippen LogP contribution in [0.15, 0.2) is 6.33 Å². The van der Waals surface area contributed by atoms with E-state index >= 15 is 0 Å². The predicted molar refractivity (Wildman–Crippen MR) is 118 cm³/mol. The van der Waals surface area contributed by atoms with Crippen LogP contribution in [0.1, 0.15) is 70.8 Å². The molecule has 1 saturated heterocycles. The van der Waals surface area contributed by atoms with E-state index in [1.807, 2.05) is 6.92 Å². The van der Waals surface area contributed by atoms with Crippen molar-refractivity contribution >= 4 is 22.8 Å². The maximum absolute atomic E-state index is 12.3. The molecule has 2 aromatic heterocycles. The first-order valence-corrected chi connectivity index (χ1v) is 11.4. The molecule has 4 atom stereocenters. The maximum Gasteiger partial charge on any atom is 0.208 e. The fourth-order valence-electron chi connectivity index (χ4n) is 4.53. The van der Waals surface area contributed by atoms with E-state index in [-0.39, 0.29) is 23.8 Å². The molecule has 0 amide bonds. The number of hydrogen-bond acceptors (Lipinski definition) is 8. The number of aliphatic hydroxyl groups excluding tert-OH is 2. The summed E-state index contributed by atoms with van der Waals surface area (Å²) in [6.45, 7) is 4.16. The molecule has 9 nitrogen and oxygen atoms in total. The summed E-state index contributed by atoms with van der Waals surface area (Å²) in [6, 6.07) is 0.